The van der Waals surface area contributed by atoms with Gasteiger partial charge in [0.25, 0.3) is 0 Å². The van der Waals surface area contributed by atoms with Gasteiger partial charge in [0.05, 0.1) is 11.6 Å². The van der Waals surface area contributed by atoms with Crippen LogP contribution in [0.1, 0.15) is 44.2 Å². The Balaban J connectivity index is 1.58. The maximum atomic E-state index is 13.0. The van der Waals surface area contributed by atoms with Crippen LogP contribution in [0.15, 0.2) is 42.7 Å². The van der Waals surface area contributed by atoms with E-state index < -0.39 is 0 Å². The predicted molar refractivity (Wildman–Crippen MR) is 97.1 cm³/mol. The lowest BCUT2D eigenvalue weighted by Crippen LogP contribution is -2.44. The molecule has 1 aliphatic heterocycles. The molecule has 0 radical (unpaired) electrons. The fourth-order valence-corrected chi connectivity index (χ4v) is 3.32. The van der Waals surface area contributed by atoms with Crippen LogP contribution in [0.25, 0.3) is 0 Å². The fourth-order valence-electron chi connectivity index (χ4n) is 3.32. The number of nitrogens with zero attached hydrogens (tertiary/aromatic N) is 4. The minimum atomic E-state index is -0.129. The van der Waals surface area contributed by atoms with E-state index in [1.54, 1.807) is 12.4 Å². The lowest BCUT2D eigenvalue weighted by Gasteiger charge is -2.34. The third kappa shape index (κ3) is 4.53. The topological polar surface area (TPSA) is 71.0 Å². The van der Waals surface area contributed by atoms with Gasteiger partial charge in [0.2, 0.25) is 5.91 Å². The van der Waals surface area contributed by atoms with Crippen molar-refractivity contribution >= 4 is 11.7 Å². The van der Waals surface area contributed by atoms with Gasteiger partial charge >= 0.3 is 0 Å². The molecule has 132 valence electrons. The number of amides is 1. The van der Waals surface area contributed by atoms with Crippen molar-refractivity contribution in [2.24, 2.45) is 0 Å². The maximum absolute atomic E-state index is 13.0. The van der Waals surface area contributed by atoms with Crippen LogP contribution in [0.2, 0.25) is 0 Å². The van der Waals surface area contributed by atoms with E-state index in [9.17, 15) is 4.79 Å². The van der Waals surface area contributed by atoms with E-state index in [4.69, 9.17) is 0 Å². The van der Waals surface area contributed by atoms with Crippen molar-refractivity contribution in [3.05, 3.63) is 48.4 Å². The molecule has 0 spiro atoms. The summed E-state index contributed by atoms with van der Waals surface area (Å²) in [5, 5.41) is 11.4. The number of carbonyl (C=O) groups excluding carboxylic acids is 1. The van der Waals surface area contributed by atoms with Crippen molar-refractivity contribution in [3.8, 4) is 0 Å². The highest BCUT2D eigenvalue weighted by Gasteiger charge is 2.29. The molecule has 6 heteroatoms. The number of hydrogen-bond acceptors (Lipinski definition) is 5. The monoisotopic (exact) mass is 339 g/mol. The van der Waals surface area contributed by atoms with Crippen LogP contribution in [0.5, 0.6) is 0 Å². The van der Waals surface area contributed by atoms with Gasteiger partial charge in [-0.3, -0.25) is 9.78 Å². The first-order valence-corrected chi connectivity index (χ1v) is 9.02. The zero-order chi connectivity index (χ0) is 17.5. The number of rotatable bonds is 6. The summed E-state index contributed by atoms with van der Waals surface area (Å²) in [6.07, 6.45) is 7.08. The van der Waals surface area contributed by atoms with Crippen molar-refractivity contribution in [2.75, 3.05) is 18.4 Å². The Kier molecular flexibility index (Phi) is 5.93. The summed E-state index contributed by atoms with van der Waals surface area (Å²) in [5.74, 6) is 0.874. The number of pyridine rings is 1. The van der Waals surface area contributed by atoms with Crippen LogP contribution in [0.3, 0.4) is 0 Å². The van der Waals surface area contributed by atoms with Crippen LogP contribution in [-0.2, 0) is 4.79 Å². The van der Waals surface area contributed by atoms with E-state index in [1.807, 2.05) is 35.2 Å². The highest BCUT2D eigenvalue weighted by Crippen LogP contribution is 2.24. The molecule has 0 aromatic carbocycles. The first kappa shape index (κ1) is 17.3. The Bertz CT molecular complexity index is 656. The number of likely N-dealkylation sites (tertiary alicyclic amines) is 1. The number of aromatic nitrogens is 3. The van der Waals surface area contributed by atoms with Gasteiger partial charge in [0.15, 0.2) is 0 Å². The molecule has 0 aliphatic carbocycles. The Morgan fingerprint density at radius 2 is 2.08 bits per heavy atom. The Morgan fingerprint density at radius 1 is 1.24 bits per heavy atom. The third-order valence-corrected chi connectivity index (χ3v) is 4.65. The summed E-state index contributed by atoms with van der Waals surface area (Å²) in [7, 11) is 0. The molecule has 1 N–H and O–H groups in total. The minimum absolute atomic E-state index is 0.129. The molecule has 2 aromatic rings. The standard InChI is InChI=1S/C19H25N5O/c1-2-6-16(17-7-3-4-11-20-17)19(25)24-13-9-15(10-14-24)22-18-8-5-12-21-23-18/h3-5,7-8,11-12,15-16H,2,6,9-10,13-14H2,1H3,(H,22,23)/t16-/m1/s1. The normalized spacial score (nSPS) is 16.4. The van der Waals surface area contributed by atoms with Crippen molar-refractivity contribution in [1.82, 2.24) is 20.1 Å². The maximum Gasteiger partial charge on any atom is 0.231 e. The Morgan fingerprint density at radius 3 is 2.72 bits per heavy atom. The Labute approximate surface area is 148 Å². The van der Waals surface area contributed by atoms with E-state index >= 15 is 0 Å². The van der Waals surface area contributed by atoms with Crippen LogP contribution < -0.4 is 5.32 Å². The summed E-state index contributed by atoms with van der Waals surface area (Å²) in [5.41, 5.74) is 0.883. The second kappa shape index (κ2) is 8.55. The van der Waals surface area contributed by atoms with E-state index in [2.05, 4.69) is 27.4 Å². The van der Waals surface area contributed by atoms with Crippen LogP contribution in [-0.4, -0.2) is 45.1 Å². The van der Waals surface area contributed by atoms with Gasteiger partial charge in [0.1, 0.15) is 5.82 Å². The lowest BCUT2D eigenvalue weighted by atomic mass is 9.95. The average molecular weight is 339 g/mol. The second-order valence-electron chi connectivity index (χ2n) is 6.45. The Hall–Kier alpha value is -2.50. The largest absolute Gasteiger partial charge is 0.366 e. The van der Waals surface area contributed by atoms with Crippen LogP contribution in [0.4, 0.5) is 5.82 Å². The van der Waals surface area contributed by atoms with Gasteiger partial charge < -0.3 is 10.2 Å². The van der Waals surface area contributed by atoms with Gasteiger partial charge in [-0.05, 0) is 43.5 Å². The molecule has 1 aliphatic rings. The molecule has 25 heavy (non-hydrogen) atoms. The molecule has 1 fully saturated rings. The molecule has 0 bridgehead atoms. The van der Waals surface area contributed by atoms with E-state index in [0.29, 0.717) is 6.04 Å². The highest BCUT2D eigenvalue weighted by atomic mass is 16.2. The molecule has 3 rings (SSSR count). The highest BCUT2D eigenvalue weighted by molar-refractivity contribution is 5.83. The number of piperidine rings is 1. The predicted octanol–water partition coefficient (Wildman–Crippen LogP) is 2.86. The van der Waals surface area contributed by atoms with E-state index in [0.717, 1.165) is 50.3 Å². The molecule has 0 unspecified atom stereocenters. The summed E-state index contributed by atoms with van der Waals surface area (Å²) in [6, 6.07) is 9.93. The molecule has 1 atom stereocenters. The summed E-state index contributed by atoms with van der Waals surface area (Å²) >= 11 is 0. The summed E-state index contributed by atoms with van der Waals surface area (Å²) in [4.78, 5) is 19.4. The number of nitrogens with one attached hydrogen (secondary N) is 1. The fraction of sp³-hybridized carbons (Fsp3) is 0.474. The van der Waals surface area contributed by atoms with Crippen molar-refractivity contribution in [1.29, 1.82) is 0 Å². The number of hydrogen-bond donors (Lipinski definition) is 1. The summed E-state index contributed by atoms with van der Waals surface area (Å²) < 4.78 is 0. The lowest BCUT2D eigenvalue weighted by molar-refractivity contribution is -0.134. The van der Waals surface area contributed by atoms with Crippen molar-refractivity contribution < 1.29 is 4.79 Å². The molecule has 6 nitrogen and oxygen atoms in total. The molecule has 3 heterocycles. The molecule has 1 saturated heterocycles. The zero-order valence-corrected chi connectivity index (χ0v) is 14.6. The van der Waals surface area contributed by atoms with Gasteiger partial charge in [-0.1, -0.05) is 19.4 Å². The minimum Gasteiger partial charge on any atom is -0.366 e. The quantitative estimate of drug-likeness (QED) is 0.876. The van der Waals surface area contributed by atoms with Crippen LogP contribution in [0, 0.1) is 0 Å². The SMILES string of the molecule is CCC[C@@H](C(=O)N1CCC(Nc2cccnn2)CC1)c1ccccn1. The molecule has 1 amide bonds. The van der Waals surface area contributed by atoms with Gasteiger partial charge in [0, 0.05) is 31.5 Å². The van der Waals surface area contributed by atoms with Crippen molar-refractivity contribution in [3.63, 3.8) is 0 Å². The van der Waals surface area contributed by atoms with Gasteiger partial charge in [-0.15, -0.1) is 5.10 Å². The number of anilines is 1. The zero-order valence-electron chi connectivity index (χ0n) is 14.6. The smallest absolute Gasteiger partial charge is 0.231 e. The molecule has 0 saturated carbocycles. The molecule has 2 aromatic heterocycles. The number of carbonyl (C=O) groups is 1. The van der Waals surface area contributed by atoms with E-state index in [-0.39, 0.29) is 11.8 Å². The molecular formula is C19H25N5O. The first-order valence-electron chi connectivity index (χ1n) is 9.02. The third-order valence-electron chi connectivity index (χ3n) is 4.65. The van der Waals surface area contributed by atoms with Crippen LogP contribution >= 0.6 is 0 Å². The molecular weight excluding hydrogens is 314 g/mol. The summed E-state index contributed by atoms with van der Waals surface area (Å²) in [6.45, 7) is 3.65. The first-order chi connectivity index (χ1) is 12.3. The van der Waals surface area contributed by atoms with Crippen molar-refractivity contribution in [2.45, 2.75) is 44.6 Å². The van der Waals surface area contributed by atoms with E-state index in [1.165, 1.54) is 0 Å². The second-order valence-corrected chi connectivity index (χ2v) is 6.45. The van der Waals surface area contributed by atoms with Gasteiger partial charge in [-0.25, -0.2) is 0 Å². The van der Waals surface area contributed by atoms with Gasteiger partial charge in [-0.2, -0.15) is 5.10 Å². The average Bonchev–Trinajstić information content (AvgIpc) is 2.68.